The standard InChI is InChI=1S/C81H134N6O58/c1-19-43(104)55(116)58(119)75(127-19)125-18-36-63(52(113)38(70(122)128-36)83-21(3)97)138-72-40(85-23(5)99)54(115)62(34(16-95)134-72)139-76-59(120)66(141-79-69(57(118)47(108)30(12-91)133-79)143-73-41(86-24(6)100)53(114)61(33(15-94)135-73)137-71-39(84-22(4)98)51(112)45(106)28(10-89)129-71)50(111)35(136-76)17-126-78-68(56(117)46(107)29(11-90)132-78)142-74-42(87-25(7)101)64(48(109)31(13-92)130-74)140-77-60(121)67(49(110)32(14-93)131-77)145-81(80(123)124)8-26(102)37(82-20(2)96)65(144-81)44(105)27(103)9-88/h19,26-79,88-95,102-122H,8-18H2,1-7H3,(H,82,96)(H,83,97)(H,84,98)(H,85,99)(H,86,100)(H,87,101)(H,123,124)/t19-,26-,27+,28+,29+,30+,31+,32+,33+,34+,35+,36+,37+,38+,39+,40+,41+,42+,43+,44+,45-,46+,47+,48+,49-,50+,51+,52+,53+,54+,55+,56-,57-,58-,59-,60+,61+,62+,63+,64+,65+,66-,67-,68-,69-,70?,71-,72-,73-,74-,75+,76-,77-,78-,79+,81-/m0/s1. The van der Waals surface area contributed by atoms with E-state index >= 15 is 0 Å². The average molecular weight is 2120 g/mol. The van der Waals surface area contributed by atoms with Crippen LogP contribution in [0.4, 0.5) is 0 Å². The first-order chi connectivity index (χ1) is 68.4. The van der Waals surface area contributed by atoms with Gasteiger partial charge in [0, 0.05) is 48.0 Å². The Balaban J connectivity index is 0.937. The molecule has 11 fully saturated rings. The fraction of sp³-hybridized carbons (Fsp3) is 0.914. The Morgan fingerprint density at radius 3 is 1.10 bits per heavy atom. The number of nitrogens with one attached hydrogen (secondary N) is 6. The number of aliphatic hydroxyl groups excluding tert-OH is 29. The molecule has 0 aromatic rings. The van der Waals surface area contributed by atoms with Crippen LogP contribution < -0.4 is 31.9 Å². The van der Waals surface area contributed by atoms with Crippen molar-refractivity contribution in [1.82, 2.24) is 31.9 Å². The Morgan fingerprint density at radius 1 is 0.297 bits per heavy atom. The van der Waals surface area contributed by atoms with Gasteiger partial charge in [-0.1, -0.05) is 0 Å². The van der Waals surface area contributed by atoms with Crippen molar-refractivity contribution >= 4 is 41.4 Å². The van der Waals surface area contributed by atoms with E-state index in [0.717, 1.165) is 41.5 Å². The second kappa shape index (κ2) is 51.8. The summed E-state index contributed by atoms with van der Waals surface area (Å²) in [5.41, 5.74) is 0. The van der Waals surface area contributed by atoms with Crippen molar-refractivity contribution in [2.24, 2.45) is 0 Å². The zero-order valence-electron chi connectivity index (χ0n) is 78.4. The number of rotatable bonds is 39. The highest BCUT2D eigenvalue weighted by atomic mass is 16.8. The van der Waals surface area contributed by atoms with Crippen molar-refractivity contribution in [3.63, 3.8) is 0 Å². The number of aliphatic carboxylic acids is 1. The molecule has 0 bridgehead atoms. The summed E-state index contributed by atoms with van der Waals surface area (Å²) < 4.78 is 126. The minimum Gasteiger partial charge on any atom is -0.477 e. The number of ether oxygens (including phenoxy) is 21. The van der Waals surface area contributed by atoms with Gasteiger partial charge in [0.2, 0.25) is 35.4 Å². The molecule has 1 unspecified atom stereocenters. The lowest BCUT2D eigenvalue weighted by Gasteiger charge is -2.51. The van der Waals surface area contributed by atoms with Crippen LogP contribution in [0.25, 0.3) is 0 Å². The molecular weight excluding hydrogens is 1980 g/mol. The summed E-state index contributed by atoms with van der Waals surface area (Å²) in [4.78, 5) is 90.9. The van der Waals surface area contributed by atoms with E-state index < -0.39 is 457 Å². The van der Waals surface area contributed by atoms with Gasteiger partial charge in [-0.05, 0) is 6.92 Å². The third kappa shape index (κ3) is 26.9. The van der Waals surface area contributed by atoms with Gasteiger partial charge in [0.05, 0.1) is 84.3 Å². The largest absolute Gasteiger partial charge is 0.477 e. The van der Waals surface area contributed by atoms with Gasteiger partial charge in [-0.3, -0.25) is 28.8 Å². The first-order valence-electron chi connectivity index (χ1n) is 46.1. The van der Waals surface area contributed by atoms with Crippen LogP contribution in [0.3, 0.4) is 0 Å². The van der Waals surface area contributed by atoms with E-state index in [1.54, 1.807) is 0 Å². The van der Waals surface area contributed by atoms with E-state index in [1.165, 1.54) is 6.92 Å². The molecule has 64 nitrogen and oxygen atoms in total. The number of hydrogen-bond acceptors (Lipinski definition) is 57. The van der Waals surface area contributed by atoms with Gasteiger partial charge in [-0.15, -0.1) is 0 Å². The maximum atomic E-state index is 13.5. The Bertz CT molecular complexity index is 4150. The zero-order chi connectivity index (χ0) is 107. The van der Waals surface area contributed by atoms with Crippen LogP contribution in [0.15, 0.2) is 0 Å². The highest BCUT2D eigenvalue weighted by Gasteiger charge is 2.65. The number of aliphatic hydroxyl groups is 29. The number of carboxylic acids is 1. The number of amides is 6. The van der Waals surface area contributed by atoms with Crippen molar-refractivity contribution < 1.29 is 286 Å². The summed E-state index contributed by atoms with van der Waals surface area (Å²) in [7, 11) is 0. The molecule has 11 saturated heterocycles. The van der Waals surface area contributed by atoms with Gasteiger partial charge < -0.3 is 285 Å². The van der Waals surface area contributed by atoms with Crippen LogP contribution in [0, 0.1) is 0 Å². The van der Waals surface area contributed by atoms with E-state index in [4.69, 9.17) is 99.5 Å². The van der Waals surface area contributed by atoms with E-state index in [9.17, 15) is 187 Å². The van der Waals surface area contributed by atoms with Gasteiger partial charge in [-0.25, -0.2) is 4.79 Å². The predicted octanol–water partition coefficient (Wildman–Crippen LogP) is -23.9. The molecule has 0 aromatic carbocycles. The molecule has 11 rings (SSSR count). The van der Waals surface area contributed by atoms with Crippen LogP contribution in [0.5, 0.6) is 0 Å². The molecule has 11 aliphatic rings. The Morgan fingerprint density at radius 2 is 0.628 bits per heavy atom. The lowest BCUT2D eigenvalue weighted by molar-refractivity contribution is -0.399. The molecule has 0 radical (unpaired) electrons. The summed E-state index contributed by atoms with van der Waals surface area (Å²) in [6.07, 6.45) is -109. The monoisotopic (exact) mass is 2120 g/mol. The van der Waals surface area contributed by atoms with E-state index in [2.05, 4.69) is 31.9 Å². The second-order valence-electron chi connectivity index (χ2n) is 36.7. The van der Waals surface area contributed by atoms with Crippen molar-refractivity contribution in [2.75, 3.05) is 66.1 Å². The number of carboxylic acid groups (broad SMARTS) is 1. The van der Waals surface area contributed by atoms with E-state index in [-0.39, 0.29) is 0 Å². The fourth-order valence-corrected chi connectivity index (χ4v) is 18.8. The molecule has 0 saturated carbocycles. The lowest BCUT2D eigenvalue weighted by atomic mass is 9.88. The quantitative estimate of drug-likeness (QED) is 0.0272. The van der Waals surface area contributed by atoms with Crippen molar-refractivity contribution in [1.29, 1.82) is 0 Å². The van der Waals surface area contributed by atoms with Crippen molar-refractivity contribution in [3.05, 3.63) is 0 Å². The molecule has 56 atom stereocenters. The first-order valence-corrected chi connectivity index (χ1v) is 46.1. The Labute approximate surface area is 821 Å². The maximum absolute atomic E-state index is 13.5. The lowest BCUT2D eigenvalue weighted by Crippen LogP contribution is -2.71. The predicted molar refractivity (Wildman–Crippen MR) is 448 cm³/mol. The molecule has 64 heteroatoms. The van der Waals surface area contributed by atoms with Crippen LogP contribution in [0.1, 0.15) is 54.9 Å². The molecule has 6 amide bonds. The topological polar surface area (TPSA) is 992 Å². The molecule has 836 valence electrons. The normalized spacial score (nSPS) is 47.2. The summed E-state index contributed by atoms with van der Waals surface area (Å²) in [5, 5.41) is 355. The highest BCUT2D eigenvalue weighted by molar-refractivity contribution is 5.77. The molecular formula is C81H134N6O58. The summed E-state index contributed by atoms with van der Waals surface area (Å²) in [6.45, 7) is -5.30. The number of carbonyl (C=O) groups excluding carboxylic acids is 6. The van der Waals surface area contributed by atoms with E-state index in [1.807, 2.05) is 0 Å². The van der Waals surface area contributed by atoms with Gasteiger partial charge in [0.25, 0.3) is 5.79 Å². The molecule has 145 heavy (non-hydrogen) atoms. The average Bonchev–Trinajstić information content (AvgIpc) is 0.750. The van der Waals surface area contributed by atoms with Gasteiger partial charge >= 0.3 is 5.97 Å². The number of hydrogen-bond donors (Lipinski definition) is 36. The number of carbonyl (C=O) groups is 7. The minimum atomic E-state index is -3.37. The van der Waals surface area contributed by atoms with Crippen molar-refractivity contribution in [3.8, 4) is 0 Å². The van der Waals surface area contributed by atoms with Crippen molar-refractivity contribution in [2.45, 2.75) is 398 Å². The molecule has 0 aliphatic carbocycles. The van der Waals surface area contributed by atoms with E-state index in [0.29, 0.717) is 0 Å². The molecule has 11 heterocycles. The van der Waals surface area contributed by atoms with Gasteiger partial charge in [-0.2, -0.15) is 0 Å². The fourth-order valence-electron chi connectivity index (χ4n) is 18.8. The molecule has 11 aliphatic heterocycles. The second-order valence-corrected chi connectivity index (χ2v) is 36.7. The zero-order valence-corrected chi connectivity index (χ0v) is 78.4. The third-order valence-corrected chi connectivity index (χ3v) is 26.3. The van der Waals surface area contributed by atoms with Crippen LogP contribution in [-0.2, 0) is 133 Å². The SMILES string of the molecule is CC(=O)N[C@H]1[C@H](O[C@H]2[C@H](O)[C@@H](NC(C)=O)C(O)O[C@@H]2CO[C@@H]2O[C@@H](C)[C@@H](O)[C@@H](O)[C@@H]2O)O[C@H](CO)[C@@H](O[C@@H]2O[C@H](CO[C@H]3O[C@H](CO)[C@@H](O)[C@H](O)[C@@H]3O[C@@H]3O[C@H](CO)[C@@H](O)[C@H](O[C@@H]4O[C@H](CO)[C@H](O)[C@H](O[C@]5(C(=O)O)C[C@H](O)[C@@H](NC(C)=O)[C@H]([C@H](O)[C@H](O)CO)O5)[C@H]4O)[C@H]3NC(C)=O)[C@@H](O)[C@H](O[C@H]3O[C@H](CO)[C@@H](O)[C@H](O)[C@@H]3O[C@@H]3O[C@H](CO)[C@@H](O[C@@H]4O[C@H](CO)[C@H](O)[C@H](O)[C@H]4NC(C)=O)[C@H](O)[C@H]3NC(C)=O)[C@@H]2O)[C@@H]1O. The molecule has 0 aromatic heterocycles. The van der Waals surface area contributed by atoms with Gasteiger partial charge in [0.15, 0.2) is 62.9 Å². The maximum Gasteiger partial charge on any atom is 0.364 e. The summed E-state index contributed by atoms with van der Waals surface area (Å²) >= 11 is 0. The molecule has 36 N–H and O–H groups in total. The molecule has 0 spiro atoms. The Hall–Kier alpha value is -5.71. The van der Waals surface area contributed by atoms with Gasteiger partial charge in [0.1, 0.15) is 256 Å². The minimum absolute atomic E-state index is 0.843. The summed E-state index contributed by atoms with van der Waals surface area (Å²) in [6, 6.07) is -11.6. The highest BCUT2D eigenvalue weighted by Crippen LogP contribution is 2.44. The van der Waals surface area contributed by atoms with Crippen LogP contribution >= 0.6 is 0 Å². The third-order valence-electron chi connectivity index (χ3n) is 26.3. The Kier molecular flexibility index (Phi) is 42.7. The first kappa shape index (κ1) is 120. The summed E-state index contributed by atoms with van der Waals surface area (Å²) in [5.74, 6) is -11.4. The smallest absolute Gasteiger partial charge is 0.364 e. The van der Waals surface area contributed by atoms with Crippen LogP contribution in [0.2, 0.25) is 0 Å². The van der Waals surface area contributed by atoms with Crippen LogP contribution in [-0.4, -0.2) is 604 Å².